The van der Waals surface area contributed by atoms with Crippen LogP contribution in [0.2, 0.25) is 10.0 Å². The summed E-state index contributed by atoms with van der Waals surface area (Å²) in [5, 5.41) is 13.2. The first-order valence-corrected chi connectivity index (χ1v) is 14.3. The lowest BCUT2D eigenvalue weighted by atomic mass is 10.2. The van der Waals surface area contributed by atoms with E-state index in [-0.39, 0.29) is 33.9 Å². The first kappa shape index (κ1) is 31.6. The standard InChI is InChI=1S/C30H33Cl2N7O4/c1-5-6-7-19-16-26(39(37-19)20-8-10-21(42-4)11-9-20)36-30(41)34-23-12-13-24(29(32)28(23)31)43-22-14-15-33-25(17-22)35-27(40)18-38(2)3/h8-17H,5-7,18H2,1-4H3,(H,33,35,40)(H2,34,36,41). The molecule has 2 aromatic carbocycles. The van der Waals surface area contributed by atoms with Crippen LogP contribution in [0.5, 0.6) is 17.2 Å². The molecule has 0 radical (unpaired) electrons. The number of hydrogen-bond acceptors (Lipinski definition) is 7. The average Bonchev–Trinajstić information content (AvgIpc) is 3.37. The third-order valence-corrected chi connectivity index (χ3v) is 6.95. The second-order valence-electron chi connectivity index (χ2n) is 9.82. The normalized spacial score (nSPS) is 10.9. The fourth-order valence-electron chi connectivity index (χ4n) is 4.04. The largest absolute Gasteiger partial charge is 0.497 e. The Labute approximate surface area is 260 Å². The van der Waals surface area contributed by atoms with E-state index < -0.39 is 6.03 Å². The predicted octanol–water partition coefficient (Wildman–Crippen LogP) is 6.86. The molecule has 0 bridgehead atoms. The maximum Gasteiger partial charge on any atom is 0.324 e. The summed E-state index contributed by atoms with van der Waals surface area (Å²) in [6.07, 6.45) is 4.27. The van der Waals surface area contributed by atoms with Gasteiger partial charge in [-0.1, -0.05) is 36.5 Å². The molecule has 226 valence electrons. The highest BCUT2D eigenvalue weighted by Gasteiger charge is 2.17. The van der Waals surface area contributed by atoms with Crippen molar-refractivity contribution >= 4 is 52.5 Å². The van der Waals surface area contributed by atoms with Crippen molar-refractivity contribution in [3.05, 3.63) is 76.5 Å². The number of benzene rings is 2. The van der Waals surface area contributed by atoms with Gasteiger partial charge in [-0.2, -0.15) is 5.10 Å². The number of carbonyl (C=O) groups is 2. The van der Waals surface area contributed by atoms with Gasteiger partial charge in [-0.15, -0.1) is 0 Å². The van der Waals surface area contributed by atoms with Gasteiger partial charge in [-0.05, 0) is 69.4 Å². The first-order valence-electron chi connectivity index (χ1n) is 13.5. The number of aryl methyl sites for hydroxylation is 1. The van der Waals surface area contributed by atoms with Gasteiger partial charge in [0.2, 0.25) is 5.91 Å². The SMILES string of the molecule is CCCCc1cc(NC(=O)Nc2ccc(Oc3ccnc(NC(=O)CN(C)C)c3)c(Cl)c2Cl)n(-c2ccc(OC)cc2)n1. The lowest BCUT2D eigenvalue weighted by molar-refractivity contribution is -0.116. The van der Waals surface area contributed by atoms with E-state index in [0.717, 1.165) is 30.6 Å². The Bertz CT molecular complexity index is 1580. The number of anilines is 3. The summed E-state index contributed by atoms with van der Waals surface area (Å²) in [6, 6.07) is 15.0. The highest BCUT2D eigenvalue weighted by atomic mass is 35.5. The minimum Gasteiger partial charge on any atom is -0.497 e. The molecule has 0 saturated carbocycles. The van der Waals surface area contributed by atoms with Gasteiger partial charge in [-0.25, -0.2) is 14.5 Å². The molecule has 0 atom stereocenters. The third kappa shape index (κ3) is 8.60. The van der Waals surface area contributed by atoms with Gasteiger partial charge >= 0.3 is 6.03 Å². The second-order valence-corrected chi connectivity index (χ2v) is 10.6. The van der Waals surface area contributed by atoms with E-state index in [9.17, 15) is 9.59 Å². The zero-order valence-corrected chi connectivity index (χ0v) is 25.8. The zero-order valence-electron chi connectivity index (χ0n) is 24.3. The van der Waals surface area contributed by atoms with Gasteiger partial charge in [0.15, 0.2) is 0 Å². The first-order chi connectivity index (χ1) is 20.7. The van der Waals surface area contributed by atoms with E-state index in [1.807, 2.05) is 30.3 Å². The van der Waals surface area contributed by atoms with Crippen molar-refractivity contribution in [3.8, 4) is 22.9 Å². The van der Waals surface area contributed by atoms with Crippen LogP contribution in [0.15, 0.2) is 60.8 Å². The topological polar surface area (TPSA) is 123 Å². The van der Waals surface area contributed by atoms with Crippen molar-refractivity contribution in [1.29, 1.82) is 0 Å². The lowest BCUT2D eigenvalue weighted by Gasteiger charge is -2.14. The van der Waals surface area contributed by atoms with Gasteiger partial charge in [-0.3, -0.25) is 10.1 Å². The highest BCUT2D eigenvalue weighted by Crippen LogP contribution is 2.39. The van der Waals surface area contributed by atoms with Crippen LogP contribution in [0.25, 0.3) is 5.69 Å². The quantitative estimate of drug-likeness (QED) is 0.157. The van der Waals surface area contributed by atoms with Crippen LogP contribution in [0, 0.1) is 0 Å². The second kappa shape index (κ2) is 14.7. The third-order valence-electron chi connectivity index (χ3n) is 6.09. The zero-order chi connectivity index (χ0) is 30.9. The van der Waals surface area contributed by atoms with Crippen molar-refractivity contribution in [2.24, 2.45) is 0 Å². The number of hydrogen-bond donors (Lipinski definition) is 3. The smallest absolute Gasteiger partial charge is 0.324 e. The Morgan fingerprint density at radius 2 is 1.72 bits per heavy atom. The number of aromatic nitrogens is 3. The van der Waals surface area contributed by atoms with Crippen molar-refractivity contribution in [2.75, 3.05) is 43.7 Å². The molecule has 2 heterocycles. The summed E-state index contributed by atoms with van der Waals surface area (Å²) in [6.45, 7) is 2.32. The molecule has 2 aromatic heterocycles. The van der Waals surface area contributed by atoms with Crippen LogP contribution >= 0.6 is 23.2 Å². The van der Waals surface area contributed by atoms with Crippen LogP contribution in [-0.4, -0.2) is 59.4 Å². The Morgan fingerprint density at radius 3 is 2.42 bits per heavy atom. The number of unbranched alkanes of at least 4 members (excludes halogenated alkanes) is 1. The van der Waals surface area contributed by atoms with Crippen molar-refractivity contribution in [3.63, 3.8) is 0 Å². The highest BCUT2D eigenvalue weighted by molar-refractivity contribution is 6.45. The molecule has 4 aromatic rings. The minimum atomic E-state index is -0.532. The van der Waals surface area contributed by atoms with Crippen LogP contribution < -0.4 is 25.4 Å². The number of nitrogens with one attached hydrogen (secondary N) is 3. The predicted molar refractivity (Wildman–Crippen MR) is 169 cm³/mol. The van der Waals surface area contributed by atoms with Gasteiger partial charge in [0.05, 0.1) is 35.7 Å². The number of amides is 3. The fraction of sp³-hybridized carbons (Fsp3) is 0.267. The fourth-order valence-corrected chi connectivity index (χ4v) is 4.44. The molecule has 0 aliphatic heterocycles. The molecule has 4 rings (SSSR count). The number of pyridine rings is 1. The van der Waals surface area contributed by atoms with Gasteiger partial charge in [0, 0.05) is 18.3 Å². The summed E-state index contributed by atoms with van der Waals surface area (Å²) >= 11 is 13.0. The molecule has 0 unspecified atom stereocenters. The summed E-state index contributed by atoms with van der Waals surface area (Å²) in [4.78, 5) is 31.0. The van der Waals surface area contributed by atoms with E-state index >= 15 is 0 Å². The Balaban J connectivity index is 1.47. The summed E-state index contributed by atoms with van der Waals surface area (Å²) in [5.41, 5.74) is 1.90. The van der Waals surface area contributed by atoms with E-state index in [2.05, 4.69) is 27.9 Å². The molecular weight excluding hydrogens is 593 g/mol. The van der Waals surface area contributed by atoms with E-state index in [1.165, 1.54) is 6.20 Å². The molecule has 13 heteroatoms. The Hall–Kier alpha value is -4.32. The molecule has 0 aliphatic rings. The maximum absolute atomic E-state index is 13.1. The Morgan fingerprint density at radius 1 is 0.953 bits per heavy atom. The van der Waals surface area contributed by atoms with Crippen LogP contribution in [0.1, 0.15) is 25.5 Å². The van der Waals surface area contributed by atoms with E-state index in [0.29, 0.717) is 23.1 Å². The number of methoxy groups -OCH3 is 1. The number of nitrogens with zero attached hydrogens (tertiary/aromatic N) is 4. The molecule has 0 saturated heterocycles. The molecule has 0 fully saturated rings. The van der Waals surface area contributed by atoms with Crippen LogP contribution in [-0.2, 0) is 11.2 Å². The number of carbonyl (C=O) groups excluding carboxylic acids is 2. The summed E-state index contributed by atoms with van der Waals surface area (Å²) in [5.74, 6) is 1.96. The molecule has 3 N–H and O–H groups in total. The minimum absolute atomic E-state index is 0.0928. The molecule has 0 spiro atoms. The Kier molecular flexibility index (Phi) is 10.8. The number of halogens is 2. The maximum atomic E-state index is 13.1. The average molecular weight is 627 g/mol. The van der Waals surface area contributed by atoms with Gasteiger partial charge in [0.1, 0.15) is 33.9 Å². The van der Waals surface area contributed by atoms with Gasteiger partial charge in [0.25, 0.3) is 0 Å². The van der Waals surface area contributed by atoms with Crippen LogP contribution in [0.4, 0.5) is 22.1 Å². The van der Waals surface area contributed by atoms with E-state index in [1.54, 1.807) is 55.1 Å². The number of likely N-dealkylation sites (N-methyl/N-ethyl adjacent to an activating group) is 1. The van der Waals surface area contributed by atoms with Crippen LogP contribution in [0.3, 0.4) is 0 Å². The molecular formula is C30H33Cl2N7O4. The summed E-state index contributed by atoms with van der Waals surface area (Å²) < 4.78 is 12.8. The lowest BCUT2D eigenvalue weighted by Crippen LogP contribution is -2.27. The van der Waals surface area contributed by atoms with Crippen molar-refractivity contribution < 1.29 is 19.1 Å². The number of urea groups is 1. The number of rotatable bonds is 12. The van der Waals surface area contributed by atoms with Crippen molar-refractivity contribution in [1.82, 2.24) is 19.7 Å². The molecule has 11 nitrogen and oxygen atoms in total. The number of ether oxygens (including phenoxy) is 2. The van der Waals surface area contributed by atoms with E-state index in [4.69, 9.17) is 37.8 Å². The van der Waals surface area contributed by atoms with Gasteiger partial charge < -0.3 is 25.0 Å². The van der Waals surface area contributed by atoms with Crippen molar-refractivity contribution in [2.45, 2.75) is 26.2 Å². The molecule has 0 aliphatic carbocycles. The molecule has 3 amide bonds. The monoisotopic (exact) mass is 625 g/mol. The molecule has 43 heavy (non-hydrogen) atoms. The summed E-state index contributed by atoms with van der Waals surface area (Å²) in [7, 11) is 5.19.